The monoisotopic (exact) mass is 197 g/mol. The highest BCUT2D eigenvalue weighted by Gasteiger charge is 2.38. The largest absolute Gasteiger partial charge is 0.411 e. The summed E-state index contributed by atoms with van der Waals surface area (Å²) in [7, 11) is 2.25. The molecule has 1 fully saturated rings. The minimum Gasteiger partial charge on any atom is -0.411 e. The van der Waals surface area contributed by atoms with Crippen LogP contribution in [0.3, 0.4) is 0 Å². The van der Waals surface area contributed by atoms with Gasteiger partial charge in [0.2, 0.25) is 0 Å². The number of hydrogen-bond donors (Lipinski definition) is 1. The lowest BCUT2D eigenvalue weighted by atomic mass is 9.90. The van der Waals surface area contributed by atoms with Crippen molar-refractivity contribution >= 4 is 5.71 Å². The van der Waals surface area contributed by atoms with Gasteiger partial charge >= 0.3 is 0 Å². The molecule has 1 heterocycles. The van der Waals surface area contributed by atoms with Crippen LogP contribution in [0.4, 0.5) is 0 Å². The first-order valence-corrected chi connectivity index (χ1v) is 5.19. The molecule has 1 aliphatic heterocycles. The van der Waals surface area contributed by atoms with Crippen LogP contribution in [0.25, 0.3) is 0 Å². The van der Waals surface area contributed by atoms with Gasteiger partial charge in [-0.3, -0.25) is 0 Å². The van der Waals surface area contributed by atoms with Crippen molar-refractivity contribution in [3.8, 4) is 0 Å². The Morgan fingerprint density at radius 1 is 1.64 bits per heavy atom. The molecule has 0 aliphatic carbocycles. The summed E-state index contributed by atoms with van der Waals surface area (Å²) in [6.07, 6.45) is 2.87. The number of rotatable bonds is 2. The molecule has 0 saturated carbocycles. The Hall–Kier alpha value is -0.830. The Kier molecular flexibility index (Phi) is 3.32. The molecule has 0 aromatic heterocycles. The molecular formula is C11H21N2O+. The van der Waals surface area contributed by atoms with Crippen LogP contribution in [-0.4, -0.2) is 41.6 Å². The molecule has 14 heavy (non-hydrogen) atoms. The molecule has 0 aromatic carbocycles. The summed E-state index contributed by atoms with van der Waals surface area (Å²) in [4.78, 5) is 0. The fraction of sp³-hybridized carbons (Fsp3) is 0.727. The highest BCUT2D eigenvalue weighted by molar-refractivity contribution is 5.86. The lowest BCUT2D eigenvalue weighted by Gasteiger charge is -2.45. The highest BCUT2D eigenvalue weighted by Crippen LogP contribution is 2.25. The maximum atomic E-state index is 8.84. The average molecular weight is 197 g/mol. The zero-order valence-corrected chi connectivity index (χ0v) is 9.40. The van der Waals surface area contributed by atoms with Gasteiger partial charge in [0.25, 0.3) is 0 Å². The van der Waals surface area contributed by atoms with Gasteiger partial charge in [-0.2, -0.15) is 0 Å². The van der Waals surface area contributed by atoms with E-state index in [9.17, 15) is 0 Å². The van der Waals surface area contributed by atoms with Crippen LogP contribution in [0.15, 0.2) is 17.8 Å². The van der Waals surface area contributed by atoms with Gasteiger partial charge in [0.05, 0.1) is 31.9 Å². The molecule has 0 radical (unpaired) electrons. The van der Waals surface area contributed by atoms with E-state index in [2.05, 4.69) is 32.6 Å². The van der Waals surface area contributed by atoms with Crippen LogP contribution in [0.2, 0.25) is 0 Å². The first-order valence-electron chi connectivity index (χ1n) is 5.19. The zero-order chi connectivity index (χ0) is 10.8. The molecule has 1 unspecified atom stereocenters. The van der Waals surface area contributed by atoms with Crippen molar-refractivity contribution in [2.45, 2.75) is 26.3 Å². The van der Waals surface area contributed by atoms with E-state index < -0.39 is 0 Å². The number of piperidine rings is 1. The molecule has 1 rings (SSSR count). The molecule has 0 amide bonds. The molecule has 1 N–H and O–H groups in total. The minimum atomic E-state index is 0.376. The van der Waals surface area contributed by atoms with E-state index in [1.54, 1.807) is 0 Å². The first kappa shape index (κ1) is 11.2. The van der Waals surface area contributed by atoms with Gasteiger partial charge < -0.3 is 9.69 Å². The number of oxime groups is 1. The quantitative estimate of drug-likeness (QED) is 0.312. The summed E-state index contributed by atoms with van der Waals surface area (Å²) in [5.41, 5.74) is 0.942. The SMILES string of the molecule is C=CC[N+]1(C)C[C@H](C)/C(=N/O)C[C@@H]1C. The van der Waals surface area contributed by atoms with Crippen molar-refractivity contribution in [3.63, 3.8) is 0 Å². The summed E-state index contributed by atoms with van der Waals surface area (Å²) in [6.45, 7) is 10.2. The molecule has 3 atom stereocenters. The Balaban J connectivity index is 2.80. The third kappa shape index (κ3) is 1.98. The van der Waals surface area contributed by atoms with Gasteiger partial charge in [-0.15, -0.1) is 0 Å². The Morgan fingerprint density at radius 2 is 2.29 bits per heavy atom. The second-order valence-electron chi connectivity index (χ2n) is 4.68. The molecule has 3 heteroatoms. The molecule has 1 aliphatic rings. The fourth-order valence-corrected chi connectivity index (χ4v) is 2.32. The molecular weight excluding hydrogens is 176 g/mol. The van der Waals surface area contributed by atoms with E-state index in [-0.39, 0.29) is 0 Å². The van der Waals surface area contributed by atoms with Gasteiger partial charge in [0.1, 0.15) is 0 Å². The topological polar surface area (TPSA) is 32.6 Å². The lowest BCUT2D eigenvalue weighted by molar-refractivity contribution is -0.930. The van der Waals surface area contributed by atoms with E-state index in [0.29, 0.717) is 12.0 Å². The first-order chi connectivity index (χ1) is 6.53. The van der Waals surface area contributed by atoms with Gasteiger partial charge in [-0.25, -0.2) is 0 Å². The van der Waals surface area contributed by atoms with Crippen molar-refractivity contribution in [2.24, 2.45) is 11.1 Å². The van der Waals surface area contributed by atoms with Crippen LogP contribution in [-0.2, 0) is 0 Å². The maximum Gasteiger partial charge on any atom is 0.0971 e. The van der Waals surface area contributed by atoms with Crippen LogP contribution in [0.5, 0.6) is 0 Å². The minimum absolute atomic E-state index is 0.376. The maximum absolute atomic E-state index is 8.84. The molecule has 0 bridgehead atoms. The van der Waals surface area contributed by atoms with Gasteiger partial charge in [-0.05, 0) is 13.0 Å². The predicted molar refractivity (Wildman–Crippen MR) is 58.6 cm³/mol. The van der Waals surface area contributed by atoms with E-state index in [1.807, 2.05) is 6.08 Å². The summed E-state index contributed by atoms with van der Waals surface area (Å²) < 4.78 is 1.00. The smallest absolute Gasteiger partial charge is 0.0971 e. The summed E-state index contributed by atoms with van der Waals surface area (Å²) in [5, 5.41) is 12.2. The van der Waals surface area contributed by atoms with Crippen LogP contribution in [0.1, 0.15) is 20.3 Å². The number of likely N-dealkylation sites (tertiary alicyclic amines) is 1. The van der Waals surface area contributed by atoms with Gasteiger partial charge in [0, 0.05) is 12.3 Å². The Morgan fingerprint density at radius 3 is 2.79 bits per heavy atom. The van der Waals surface area contributed by atoms with Crippen molar-refractivity contribution in [1.29, 1.82) is 0 Å². The molecule has 80 valence electrons. The summed E-state index contributed by atoms with van der Waals surface area (Å²) in [6, 6.07) is 0.509. The van der Waals surface area contributed by atoms with Crippen LogP contribution in [0, 0.1) is 5.92 Å². The van der Waals surface area contributed by atoms with Gasteiger partial charge in [-0.1, -0.05) is 18.7 Å². The standard InChI is InChI=1S/C11H20N2O/c1-5-6-13(4)8-9(2)11(12-14)7-10(13)3/h5,9-10H,1,6-8H2,2-4H3/p+1/b12-11+/t9-,10-,13?/m0/s1. The average Bonchev–Trinajstić information content (AvgIpc) is 2.11. The van der Waals surface area contributed by atoms with E-state index in [4.69, 9.17) is 5.21 Å². The van der Waals surface area contributed by atoms with Crippen molar-refractivity contribution in [1.82, 2.24) is 0 Å². The fourth-order valence-electron chi connectivity index (χ4n) is 2.32. The number of quaternary nitrogens is 1. The van der Waals surface area contributed by atoms with Crippen molar-refractivity contribution in [3.05, 3.63) is 12.7 Å². The molecule has 1 saturated heterocycles. The summed E-state index contributed by atoms with van der Waals surface area (Å²) >= 11 is 0. The van der Waals surface area contributed by atoms with Crippen molar-refractivity contribution < 1.29 is 9.69 Å². The lowest BCUT2D eigenvalue weighted by Crippen LogP contribution is -2.58. The second-order valence-corrected chi connectivity index (χ2v) is 4.68. The molecule has 0 spiro atoms. The van der Waals surface area contributed by atoms with Crippen molar-refractivity contribution in [2.75, 3.05) is 20.1 Å². The number of nitrogens with zero attached hydrogens (tertiary/aromatic N) is 2. The second kappa shape index (κ2) is 4.13. The normalized spacial score (nSPS) is 41.2. The predicted octanol–water partition coefficient (Wildman–Crippen LogP) is 1.88. The van der Waals surface area contributed by atoms with E-state index >= 15 is 0 Å². The summed E-state index contributed by atoms with van der Waals surface area (Å²) in [5.74, 6) is 0.376. The Bertz CT molecular complexity index is 250. The third-order valence-corrected chi connectivity index (χ3v) is 3.50. The van der Waals surface area contributed by atoms with E-state index in [0.717, 1.165) is 29.7 Å². The third-order valence-electron chi connectivity index (χ3n) is 3.50. The van der Waals surface area contributed by atoms with Crippen LogP contribution >= 0.6 is 0 Å². The highest BCUT2D eigenvalue weighted by atomic mass is 16.4. The number of hydrogen-bond acceptors (Lipinski definition) is 2. The molecule has 0 aromatic rings. The van der Waals surface area contributed by atoms with E-state index in [1.165, 1.54) is 0 Å². The number of likely N-dealkylation sites (N-methyl/N-ethyl adjacent to an activating group) is 1. The van der Waals surface area contributed by atoms with Gasteiger partial charge in [0.15, 0.2) is 0 Å². The Labute approximate surface area is 86.3 Å². The van der Waals surface area contributed by atoms with Crippen LogP contribution < -0.4 is 0 Å². The molecule has 3 nitrogen and oxygen atoms in total. The zero-order valence-electron chi connectivity index (χ0n) is 9.40.